The van der Waals surface area contributed by atoms with Gasteiger partial charge in [0.1, 0.15) is 0 Å². The lowest BCUT2D eigenvalue weighted by Crippen LogP contribution is -2.31. The number of hydrogen-bond acceptors (Lipinski definition) is 4. The van der Waals surface area contributed by atoms with E-state index in [0.29, 0.717) is 0 Å². The van der Waals surface area contributed by atoms with Crippen molar-refractivity contribution >= 4 is 34.9 Å². The van der Waals surface area contributed by atoms with Gasteiger partial charge in [-0.2, -0.15) is 13.2 Å². The van der Waals surface area contributed by atoms with Crippen LogP contribution in [0.25, 0.3) is 5.65 Å². The molecule has 2 heterocycles. The maximum absolute atomic E-state index is 12.8. The lowest BCUT2D eigenvalue weighted by atomic mass is 10.3. The fourth-order valence-electron chi connectivity index (χ4n) is 1.68. The zero-order chi connectivity index (χ0) is 16.5. The Bertz CT molecular complexity index is 701. The highest BCUT2D eigenvalue weighted by Gasteiger charge is 2.32. The molecule has 0 bridgehead atoms. The Balaban J connectivity index is 2.28. The van der Waals surface area contributed by atoms with Gasteiger partial charge in [0.05, 0.1) is 16.3 Å². The van der Waals surface area contributed by atoms with E-state index >= 15 is 0 Å². The lowest BCUT2D eigenvalue weighted by Gasteiger charge is -2.09. The molecule has 0 radical (unpaired) electrons. The van der Waals surface area contributed by atoms with E-state index in [0.717, 1.165) is 28.4 Å². The topological polar surface area (TPSA) is 59.3 Å². The molecule has 0 aromatic carbocycles. The van der Waals surface area contributed by atoms with E-state index in [4.69, 9.17) is 11.6 Å². The molecule has 2 aromatic rings. The van der Waals surface area contributed by atoms with Crippen molar-refractivity contribution in [2.24, 2.45) is 0 Å². The minimum absolute atomic E-state index is 0.0190. The van der Waals surface area contributed by atoms with Crippen LogP contribution in [0.2, 0.25) is 5.02 Å². The highest BCUT2D eigenvalue weighted by molar-refractivity contribution is 7.99. The molecule has 22 heavy (non-hydrogen) atoms. The Labute approximate surface area is 133 Å². The molecular weight excluding hydrogens is 341 g/mol. The van der Waals surface area contributed by atoms with Gasteiger partial charge in [-0.15, -0.1) is 10.2 Å². The van der Waals surface area contributed by atoms with Crippen molar-refractivity contribution in [1.29, 1.82) is 0 Å². The summed E-state index contributed by atoms with van der Waals surface area (Å²) >= 11 is 6.79. The predicted molar refractivity (Wildman–Crippen MR) is 77.0 cm³/mol. The third-order valence-corrected chi connectivity index (χ3v) is 3.76. The van der Waals surface area contributed by atoms with E-state index < -0.39 is 11.7 Å². The highest BCUT2D eigenvalue weighted by Crippen LogP contribution is 2.33. The number of aromatic nitrogens is 3. The number of carbonyl (C=O) groups excluding carboxylic acids is 1. The van der Waals surface area contributed by atoms with Gasteiger partial charge in [-0.25, -0.2) is 0 Å². The average molecular weight is 353 g/mol. The van der Waals surface area contributed by atoms with Gasteiger partial charge in [-0.3, -0.25) is 9.20 Å². The van der Waals surface area contributed by atoms with Crippen molar-refractivity contribution in [2.75, 3.05) is 5.75 Å². The molecule has 0 saturated carbocycles. The largest absolute Gasteiger partial charge is 0.417 e. The molecule has 0 saturated heterocycles. The van der Waals surface area contributed by atoms with Crippen LogP contribution in [0.4, 0.5) is 13.2 Å². The van der Waals surface area contributed by atoms with Crippen LogP contribution in [0.5, 0.6) is 0 Å². The normalized spacial score (nSPS) is 12.1. The van der Waals surface area contributed by atoms with E-state index in [1.807, 2.05) is 13.8 Å². The van der Waals surface area contributed by atoms with Crippen molar-refractivity contribution in [3.05, 3.63) is 22.8 Å². The van der Waals surface area contributed by atoms with Crippen LogP contribution in [-0.2, 0) is 11.0 Å². The first kappa shape index (κ1) is 16.9. The first-order valence-corrected chi connectivity index (χ1v) is 7.58. The molecule has 0 aliphatic carbocycles. The number of pyridine rings is 1. The molecule has 0 aliphatic rings. The van der Waals surface area contributed by atoms with Crippen LogP contribution in [0, 0.1) is 0 Å². The first-order valence-electron chi connectivity index (χ1n) is 6.22. The number of thioether (sulfide) groups is 1. The first-order chi connectivity index (χ1) is 10.2. The molecule has 5 nitrogen and oxygen atoms in total. The standard InChI is InChI=1S/C12H12ClF3N4OS/c1-6(2)17-9(21)5-22-11-19-18-10-8(13)3-7(4-20(10)11)12(14,15)16/h3-4,6H,5H2,1-2H3,(H,17,21). The third-order valence-electron chi connectivity index (χ3n) is 2.54. The van der Waals surface area contributed by atoms with Gasteiger partial charge in [-0.1, -0.05) is 23.4 Å². The number of hydrogen-bond donors (Lipinski definition) is 1. The van der Waals surface area contributed by atoms with Crippen LogP contribution in [-0.4, -0.2) is 32.3 Å². The number of fused-ring (bicyclic) bond motifs is 1. The number of nitrogens with zero attached hydrogens (tertiary/aromatic N) is 3. The van der Waals surface area contributed by atoms with Crippen molar-refractivity contribution < 1.29 is 18.0 Å². The van der Waals surface area contributed by atoms with E-state index in [1.165, 1.54) is 0 Å². The molecule has 0 atom stereocenters. The van der Waals surface area contributed by atoms with Gasteiger partial charge >= 0.3 is 6.18 Å². The number of nitrogens with one attached hydrogen (secondary N) is 1. The number of carbonyl (C=O) groups is 1. The molecule has 0 spiro atoms. The third kappa shape index (κ3) is 3.83. The fourth-order valence-corrected chi connectivity index (χ4v) is 2.65. The molecule has 0 unspecified atom stereocenters. The quantitative estimate of drug-likeness (QED) is 0.859. The summed E-state index contributed by atoms with van der Waals surface area (Å²) in [6.07, 6.45) is -3.66. The Morgan fingerprint density at radius 1 is 1.45 bits per heavy atom. The second-order valence-corrected chi connectivity index (χ2v) is 6.11. The van der Waals surface area contributed by atoms with Gasteiger partial charge in [0.15, 0.2) is 10.8 Å². The minimum Gasteiger partial charge on any atom is -0.353 e. The summed E-state index contributed by atoms with van der Waals surface area (Å²) in [7, 11) is 0. The Hall–Kier alpha value is -1.48. The Morgan fingerprint density at radius 2 is 2.14 bits per heavy atom. The summed E-state index contributed by atoms with van der Waals surface area (Å²) in [6, 6.07) is 0.778. The average Bonchev–Trinajstić information content (AvgIpc) is 2.78. The summed E-state index contributed by atoms with van der Waals surface area (Å²) in [4.78, 5) is 11.6. The lowest BCUT2D eigenvalue weighted by molar-refractivity contribution is -0.137. The van der Waals surface area contributed by atoms with Gasteiger partial charge in [0.25, 0.3) is 0 Å². The van der Waals surface area contributed by atoms with Crippen LogP contribution in [0.3, 0.4) is 0 Å². The van der Waals surface area contributed by atoms with E-state index in [9.17, 15) is 18.0 Å². The zero-order valence-electron chi connectivity index (χ0n) is 11.6. The van der Waals surface area contributed by atoms with Gasteiger partial charge in [0.2, 0.25) is 5.91 Å². The maximum Gasteiger partial charge on any atom is 0.417 e. The smallest absolute Gasteiger partial charge is 0.353 e. The molecule has 0 aliphatic heterocycles. The van der Waals surface area contributed by atoms with Crippen molar-refractivity contribution in [3.63, 3.8) is 0 Å². The zero-order valence-corrected chi connectivity index (χ0v) is 13.2. The molecule has 120 valence electrons. The summed E-state index contributed by atoms with van der Waals surface area (Å²) < 4.78 is 39.6. The van der Waals surface area contributed by atoms with Crippen LogP contribution >= 0.6 is 23.4 Å². The second-order valence-electron chi connectivity index (χ2n) is 4.76. The summed E-state index contributed by atoms with van der Waals surface area (Å²) in [5.41, 5.74) is -0.792. The number of rotatable bonds is 4. The molecule has 1 N–H and O–H groups in total. The predicted octanol–water partition coefficient (Wildman–Crippen LogP) is 3.02. The molecule has 1 amide bonds. The van der Waals surface area contributed by atoms with Gasteiger partial charge in [0, 0.05) is 12.2 Å². The molecule has 0 fully saturated rings. The van der Waals surface area contributed by atoms with Gasteiger partial charge < -0.3 is 5.32 Å². The second kappa shape index (κ2) is 6.33. The number of halogens is 4. The molecule has 10 heteroatoms. The van der Waals surface area contributed by atoms with Crippen molar-refractivity contribution in [2.45, 2.75) is 31.2 Å². The van der Waals surface area contributed by atoms with E-state index in [1.54, 1.807) is 0 Å². The van der Waals surface area contributed by atoms with E-state index in [-0.39, 0.29) is 33.5 Å². The molecular formula is C12H12ClF3N4OS. The van der Waals surface area contributed by atoms with E-state index in [2.05, 4.69) is 15.5 Å². The minimum atomic E-state index is -4.53. The van der Waals surface area contributed by atoms with Crippen LogP contribution in [0.1, 0.15) is 19.4 Å². The monoisotopic (exact) mass is 352 g/mol. The Kier molecular flexibility index (Phi) is 4.86. The van der Waals surface area contributed by atoms with Crippen LogP contribution in [0.15, 0.2) is 17.4 Å². The SMILES string of the molecule is CC(C)NC(=O)CSc1nnc2c(Cl)cc(C(F)(F)F)cn12. The van der Waals surface area contributed by atoms with Crippen LogP contribution < -0.4 is 5.32 Å². The summed E-state index contributed by atoms with van der Waals surface area (Å²) in [6.45, 7) is 3.62. The Morgan fingerprint density at radius 3 is 2.73 bits per heavy atom. The maximum atomic E-state index is 12.8. The molecule has 2 aromatic heterocycles. The van der Waals surface area contributed by atoms with Crippen molar-refractivity contribution in [3.8, 4) is 0 Å². The number of amides is 1. The van der Waals surface area contributed by atoms with Crippen molar-refractivity contribution in [1.82, 2.24) is 19.9 Å². The fraction of sp³-hybridized carbons (Fsp3) is 0.417. The van der Waals surface area contributed by atoms with Gasteiger partial charge in [-0.05, 0) is 19.9 Å². The highest BCUT2D eigenvalue weighted by atomic mass is 35.5. The summed E-state index contributed by atoms with van der Waals surface area (Å²) in [5, 5.41) is 10.2. The number of alkyl halides is 3. The molecule has 2 rings (SSSR count). The summed E-state index contributed by atoms with van der Waals surface area (Å²) in [5.74, 6) is -0.220.